The number of methoxy groups -OCH3 is 1. The topological polar surface area (TPSA) is 53.1 Å². The summed E-state index contributed by atoms with van der Waals surface area (Å²) in [6.07, 6.45) is 9.12. The second-order valence-corrected chi connectivity index (χ2v) is 9.88. The van der Waals surface area contributed by atoms with Crippen molar-refractivity contribution in [2.24, 2.45) is 0 Å². The molecule has 2 aromatic rings. The highest BCUT2D eigenvalue weighted by Crippen LogP contribution is 2.19. The van der Waals surface area contributed by atoms with E-state index in [1.807, 2.05) is 46.2 Å². The summed E-state index contributed by atoms with van der Waals surface area (Å²) in [4.78, 5) is 32.1. The van der Waals surface area contributed by atoms with Gasteiger partial charge in [0.05, 0.1) is 7.11 Å². The van der Waals surface area contributed by atoms with E-state index in [2.05, 4.69) is 11.8 Å². The SMILES string of the molecule is CCCCCCC(=O)N1CCN(CCN(C/C=C/c2ccccc2OC)C(=O)c2cccc(Cl)c2)CC1. The molecule has 200 valence electrons. The number of nitrogens with zero attached hydrogens (tertiary/aromatic N) is 3. The molecule has 1 aliphatic heterocycles. The number of benzene rings is 2. The molecular formula is C30H40ClN3O3. The number of piperazine rings is 1. The van der Waals surface area contributed by atoms with Gasteiger partial charge in [-0.2, -0.15) is 0 Å². The summed E-state index contributed by atoms with van der Waals surface area (Å²) >= 11 is 6.16. The van der Waals surface area contributed by atoms with Crippen LogP contribution in [0.15, 0.2) is 54.6 Å². The molecule has 0 atom stereocenters. The van der Waals surface area contributed by atoms with Crippen LogP contribution in [0.1, 0.15) is 54.9 Å². The van der Waals surface area contributed by atoms with Crippen LogP contribution in [-0.4, -0.2) is 79.4 Å². The first-order chi connectivity index (χ1) is 18.0. The molecule has 0 bridgehead atoms. The van der Waals surface area contributed by atoms with Crippen molar-refractivity contribution in [2.75, 3.05) is 52.9 Å². The fourth-order valence-electron chi connectivity index (χ4n) is 4.53. The number of ether oxygens (including phenoxy) is 1. The van der Waals surface area contributed by atoms with E-state index in [-0.39, 0.29) is 11.8 Å². The first-order valence-corrected chi connectivity index (χ1v) is 13.7. The van der Waals surface area contributed by atoms with Gasteiger partial charge in [-0.25, -0.2) is 0 Å². The summed E-state index contributed by atoms with van der Waals surface area (Å²) in [5.74, 6) is 1.02. The van der Waals surface area contributed by atoms with Crippen LogP contribution < -0.4 is 4.74 Å². The van der Waals surface area contributed by atoms with Crippen LogP contribution in [0.25, 0.3) is 6.08 Å². The Morgan fingerprint density at radius 1 is 1.03 bits per heavy atom. The van der Waals surface area contributed by atoms with Crippen LogP contribution in [0.5, 0.6) is 5.75 Å². The quantitative estimate of drug-likeness (QED) is 0.318. The summed E-state index contributed by atoms with van der Waals surface area (Å²) in [7, 11) is 1.65. The molecular weight excluding hydrogens is 486 g/mol. The molecule has 1 saturated heterocycles. The van der Waals surface area contributed by atoms with Crippen LogP contribution >= 0.6 is 11.6 Å². The molecule has 1 aliphatic rings. The normalized spacial score (nSPS) is 14.2. The van der Waals surface area contributed by atoms with E-state index in [0.717, 1.165) is 56.9 Å². The van der Waals surface area contributed by atoms with Gasteiger partial charge in [0.1, 0.15) is 5.75 Å². The van der Waals surface area contributed by atoms with Gasteiger partial charge < -0.3 is 14.5 Å². The third kappa shape index (κ3) is 9.20. The lowest BCUT2D eigenvalue weighted by atomic mass is 10.1. The number of rotatable bonds is 13. The minimum atomic E-state index is -0.0481. The van der Waals surface area contributed by atoms with E-state index in [1.165, 1.54) is 12.8 Å². The Labute approximate surface area is 226 Å². The molecule has 0 radical (unpaired) electrons. The molecule has 1 fully saturated rings. The summed E-state index contributed by atoms with van der Waals surface area (Å²) in [5, 5.41) is 0.547. The fourth-order valence-corrected chi connectivity index (χ4v) is 4.73. The molecule has 1 heterocycles. The lowest BCUT2D eigenvalue weighted by molar-refractivity contribution is -0.133. The van der Waals surface area contributed by atoms with Gasteiger partial charge in [0.15, 0.2) is 0 Å². The number of carbonyl (C=O) groups is 2. The minimum absolute atomic E-state index is 0.0481. The van der Waals surface area contributed by atoms with Crippen molar-refractivity contribution in [3.63, 3.8) is 0 Å². The molecule has 3 rings (SSSR count). The number of amides is 2. The smallest absolute Gasteiger partial charge is 0.254 e. The van der Waals surface area contributed by atoms with Gasteiger partial charge in [0.2, 0.25) is 5.91 Å². The zero-order chi connectivity index (χ0) is 26.5. The Kier molecular flexibility index (Phi) is 12.0. The van der Waals surface area contributed by atoms with E-state index in [0.29, 0.717) is 30.1 Å². The van der Waals surface area contributed by atoms with Gasteiger partial charge in [0.25, 0.3) is 5.91 Å². The molecule has 0 aliphatic carbocycles. The molecule has 0 aromatic heterocycles. The van der Waals surface area contributed by atoms with Crippen LogP contribution in [0.3, 0.4) is 0 Å². The lowest BCUT2D eigenvalue weighted by Crippen LogP contribution is -2.50. The molecule has 0 unspecified atom stereocenters. The van der Waals surface area contributed by atoms with E-state index in [9.17, 15) is 9.59 Å². The summed E-state index contributed by atoms with van der Waals surface area (Å²) < 4.78 is 5.44. The largest absolute Gasteiger partial charge is 0.496 e. The Hall–Kier alpha value is -2.83. The monoisotopic (exact) mass is 525 g/mol. The Bertz CT molecular complexity index is 1030. The van der Waals surface area contributed by atoms with Gasteiger partial charge in [-0.05, 0) is 30.7 Å². The highest BCUT2D eigenvalue weighted by Gasteiger charge is 2.22. The zero-order valence-corrected chi connectivity index (χ0v) is 23.0. The first-order valence-electron chi connectivity index (χ1n) is 13.4. The minimum Gasteiger partial charge on any atom is -0.496 e. The number of halogens is 1. The van der Waals surface area contributed by atoms with Gasteiger partial charge in [-0.1, -0.05) is 74.2 Å². The Morgan fingerprint density at radius 3 is 2.54 bits per heavy atom. The molecule has 6 nitrogen and oxygen atoms in total. The molecule has 2 aromatic carbocycles. The maximum Gasteiger partial charge on any atom is 0.254 e. The zero-order valence-electron chi connectivity index (χ0n) is 22.2. The second-order valence-electron chi connectivity index (χ2n) is 9.44. The average Bonchev–Trinajstić information content (AvgIpc) is 2.93. The van der Waals surface area contributed by atoms with Crippen LogP contribution in [0.4, 0.5) is 0 Å². The Morgan fingerprint density at radius 2 is 1.81 bits per heavy atom. The summed E-state index contributed by atoms with van der Waals surface area (Å²) in [5.41, 5.74) is 1.55. The van der Waals surface area contributed by atoms with Crippen molar-refractivity contribution in [1.82, 2.24) is 14.7 Å². The molecule has 0 spiro atoms. The van der Waals surface area contributed by atoms with Gasteiger partial charge in [0, 0.05) is 68.4 Å². The molecule has 0 N–H and O–H groups in total. The van der Waals surface area contributed by atoms with Crippen molar-refractivity contribution in [1.29, 1.82) is 0 Å². The number of para-hydroxylation sites is 1. The number of unbranched alkanes of at least 4 members (excludes halogenated alkanes) is 3. The standard InChI is InChI=1S/C30H40ClN3O3/c1-3-4-5-6-16-29(35)33-21-18-32(19-22-33)20-23-34(30(36)26-12-9-14-27(31)24-26)17-10-13-25-11-7-8-15-28(25)37-2/h7-15,24H,3-6,16-23H2,1-2H3/b13-10+. The van der Waals surface area contributed by atoms with Crippen LogP contribution in [0, 0.1) is 0 Å². The van der Waals surface area contributed by atoms with Crippen LogP contribution in [-0.2, 0) is 4.79 Å². The average molecular weight is 526 g/mol. The molecule has 0 saturated carbocycles. The number of hydrogen-bond acceptors (Lipinski definition) is 4. The predicted molar refractivity (Wildman–Crippen MR) is 151 cm³/mol. The summed E-state index contributed by atoms with van der Waals surface area (Å²) in [6.45, 7) is 7.17. The van der Waals surface area contributed by atoms with Gasteiger partial charge in [-0.15, -0.1) is 0 Å². The van der Waals surface area contributed by atoms with Crippen LogP contribution in [0.2, 0.25) is 5.02 Å². The van der Waals surface area contributed by atoms with Crippen molar-refractivity contribution >= 4 is 29.5 Å². The third-order valence-corrected chi connectivity index (χ3v) is 7.01. The maximum absolute atomic E-state index is 13.4. The first kappa shape index (κ1) is 28.7. The molecule has 2 amide bonds. The van der Waals surface area contributed by atoms with Crippen molar-refractivity contribution in [2.45, 2.75) is 39.0 Å². The number of hydrogen-bond donors (Lipinski definition) is 0. The summed E-state index contributed by atoms with van der Waals surface area (Å²) in [6, 6.07) is 14.9. The predicted octanol–water partition coefficient (Wildman–Crippen LogP) is 5.62. The highest BCUT2D eigenvalue weighted by atomic mass is 35.5. The maximum atomic E-state index is 13.4. The van der Waals surface area contributed by atoms with Crippen molar-refractivity contribution in [3.8, 4) is 5.75 Å². The van der Waals surface area contributed by atoms with E-state index < -0.39 is 0 Å². The van der Waals surface area contributed by atoms with Gasteiger partial charge >= 0.3 is 0 Å². The highest BCUT2D eigenvalue weighted by molar-refractivity contribution is 6.30. The Balaban J connectivity index is 1.57. The van der Waals surface area contributed by atoms with Crippen molar-refractivity contribution < 1.29 is 14.3 Å². The second kappa shape index (κ2) is 15.4. The van der Waals surface area contributed by atoms with Crippen molar-refractivity contribution in [3.05, 3.63) is 70.8 Å². The van der Waals surface area contributed by atoms with E-state index in [4.69, 9.17) is 16.3 Å². The number of carbonyl (C=O) groups excluding carboxylic acids is 2. The molecule has 7 heteroatoms. The van der Waals surface area contributed by atoms with E-state index >= 15 is 0 Å². The third-order valence-electron chi connectivity index (χ3n) is 6.78. The lowest BCUT2D eigenvalue weighted by Gasteiger charge is -2.36. The molecule has 37 heavy (non-hydrogen) atoms. The fraction of sp³-hybridized carbons (Fsp3) is 0.467. The van der Waals surface area contributed by atoms with E-state index in [1.54, 1.807) is 31.4 Å². The van der Waals surface area contributed by atoms with Gasteiger partial charge in [-0.3, -0.25) is 14.5 Å².